The topological polar surface area (TPSA) is 67.1 Å². The SMILES string of the molecule is CCN(CC)CCCNc1nc2ccccc2nc1N. The summed E-state index contributed by atoms with van der Waals surface area (Å²) >= 11 is 0. The van der Waals surface area contributed by atoms with Gasteiger partial charge in [0.15, 0.2) is 11.6 Å². The second kappa shape index (κ2) is 7.05. The van der Waals surface area contributed by atoms with Crippen molar-refractivity contribution in [1.82, 2.24) is 14.9 Å². The zero-order valence-corrected chi connectivity index (χ0v) is 12.3. The fraction of sp³-hybridized carbons (Fsp3) is 0.467. The van der Waals surface area contributed by atoms with E-state index in [4.69, 9.17) is 5.73 Å². The number of anilines is 2. The van der Waals surface area contributed by atoms with Gasteiger partial charge in [-0.2, -0.15) is 0 Å². The molecule has 0 radical (unpaired) electrons. The predicted molar refractivity (Wildman–Crippen MR) is 84.8 cm³/mol. The minimum Gasteiger partial charge on any atom is -0.381 e. The molecule has 0 unspecified atom stereocenters. The number of aromatic nitrogens is 2. The van der Waals surface area contributed by atoms with E-state index in [2.05, 4.69) is 34.0 Å². The molecule has 0 bridgehead atoms. The number of hydrogen-bond donors (Lipinski definition) is 2. The van der Waals surface area contributed by atoms with E-state index < -0.39 is 0 Å². The summed E-state index contributed by atoms with van der Waals surface area (Å²) in [7, 11) is 0. The summed E-state index contributed by atoms with van der Waals surface area (Å²) in [6.45, 7) is 8.49. The third-order valence-electron chi connectivity index (χ3n) is 3.44. The minimum absolute atomic E-state index is 0.464. The zero-order valence-electron chi connectivity index (χ0n) is 12.3. The lowest BCUT2D eigenvalue weighted by molar-refractivity contribution is 0.303. The highest BCUT2D eigenvalue weighted by Crippen LogP contribution is 2.18. The van der Waals surface area contributed by atoms with Gasteiger partial charge in [-0.25, -0.2) is 9.97 Å². The Morgan fingerprint density at radius 2 is 1.75 bits per heavy atom. The summed E-state index contributed by atoms with van der Waals surface area (Å²) in [6, 6.07) is 7.76. The lowest BCUT2D eigenvalue weighted by atomic mass is 10.3. The van der Waals surface area contributed by atoms with Crippen molar-refractivity contribution in [2.75, 3.05) is 37.2 Å². The Hall–Kier alpha value is -1.88. The molecule has 2 rings (SSSR count). The molecule has 1 aromatic carbocycles. The van der Waals surface area contributed by atoms with Gasteiger partial charge in [0.25, 0.3) is 0 Å². The molecule has 0 saturated carbocycles. The molecule has 0 atom stereocenters. The maximum absolute atomic E-state index is 5.93. The van der Waals surface area contributed by atoms with Gasteiger partial charge >= 0.3 is 0 Å². The maximum Gasteiger partial charge on any atom is 0.169 e. The fourth-order valence-electron chi connectivity index (χ4n) is 2.19. The Morgan fingerprint density at radius 3 is 2.40 bits per heavy atom. The molecule has 3 N–H and O–H groups in total. The molecule has 108 valence electrons. The van der Waals surface area contributed by atoms with E-state index in [0.29, 0.717) is 11.6 Å². The van der Waals surface area contributed by atoms with Gasteiger partial charge in [0.2, 0.25) is 0 Å². The summed E-state index contributed by atoms with van der Waals surface area (Å²) < 4.78 is 0. The van der Waals surface area contributed by atoms with Gasteiger partial charge in [0.1, 0.15) is 0 Å². The van der Waals surface area contributed by atoms with Crippen LogP contribution in [0.15, 0.2) is 24.3 Å². The summed E-state index contributed by atoms with van der Waals surface area (Å²) in [4.78, 5) is 11.3. The van der Waals surface area contributed by atoms with Crippen molar-refractivity contribution in [3.63, 3.8) is 0 Å². The van der Waals surface area contributed by atoms with E-state index in [9.17, 15) is 0 Å². The lowest BCUT2D eigenvalue weighted by Crippen LogP contribution is -2.25. The number of nitrogens with one attached hydrogen (secondary N) is 1. The number of fused-ring (bicyclic) bond motifs is 1. The summed E-state index contributed by atoms with van der Waals surface area (Å²) in [5.41, 5.74) is 7.64. The molecule has 5 nitrogen and oxygen atoms in total. The van der Waals surface area contributed by atoms with Gasteiger partial charge in [0, 0.05) is 6.54 Å². The average Bonchev–Trinajstić information content (AvgIpc) is 2.47. The summed E-state index contributed by atoms with van der Waals surface area (Å²) in [5.74, 6) is 1.15. The van der Waals surface area contributed by atoms with Crippen molar-refractivity contribution in [1.29, 1.82) is 0 Å². The molecular formula is C15H23N5. The number of para-hydroxylation sites is 2. The van der Waals surface area contributed by atoms with Crippen LogP contribution in [0, 0.1) is 0 Å². The number of nitrogen functional groups attached to an aromatic ring is 1. The molecule has 1 heterocycles. The van der Waals surface area contributed by atoms with Crippen molar-refractivity contribution in [2.45, 2.75) is 20.3 Å². The molecule has 5 heteroatoms. The molecule has 0 saturated heterocycles. The average molecular weight is 273 g/mol. The van der Waals surface area contributed by atoms with Crippen molar-refractivity contribution in [3.05, 3.63) is 24.3 Å². The Morgan fingerprint density at radius 1 is 1.10 bits per heavy atom. The van der Waals surface area contributed by atoms with Gasteiger partial charge in [-0.15, -0.1) is 0 Å². The molecular weight excluding hydrogens is 250 g/mol. The second-order valence-corrected chi connectivity index (χ2v) is 4.75. The first-order valence-corrected chi connectivity index (χ1v) is 7.23. The second-order valence-electron chi connectivity index (χ2n) is 4.75. The van der Waals surface area contributed by atoms with Crippen LogP contribution in [0.4, 0.5) is 11.6 Å². The minimum atomic E-state index is 0.464. The third-order valence-corrected chi connectivity index (χ3v) is 3.44. The maximum atomic E-state index is 5.93. The van der Waals surface area contributed by atoms with Crippen molar-refractivity contribution in [3.8, 4) is 0 Å². The van der Waals surface area contributed by atoms with Gasteiger partial charge in [-0.1, -0.05) is 26.0 Å². The van der Waals surface area contributed by atoms with Crippen LogP contribution in [-0.2, 0) is 0 Å². The van der Waals surface area contributed by atoms with Crippen molar-refractivity contribution < 1.29 is 0 Å². The fourth-order valence-corrected chi connectivity index (χ4v) is 2.19. The largest absolute Gasteiger partial charge is 0.381 e. The summed E-state index contributed by atoms with van der Waals surface area (Å²) in [5, 5.41) is 3.28. The van der Waals surface area contributed by atoms with Crippen LogP contribution in [0.5, 0.6) is 0 Å². The van der Waals surface area contributed by atoms with Crippen LogP contribution in [0.1, 0.15) is 20.3 Å². The number of hydrogen-bond acceptors (Lipinski definition) is 5. The quantitative estimate of drug-likeness (QED) is 0.758. The molecule has 0 fully saturated rings. The van der Waals surface area contributed by atoms with E-state index in [-0.39, 0.29) is 0 Å². The van der Waals surface area contributed by atoms with Crippen molar-refractivity contribution >= 4 is 22.7 Å². The normalized spacial score (nSPS) is 11.2. The molecule has 0 spiro atoms. The van der Waals surface area contributed by atoms with E-state index in [1.165, 1.54) is 0 Å². The third kappa shape index (κ3) is 3.57. The first-order valence-electron chi connectivity index (χ1n) is 7.23. The van der Waals surface area contributed by atoms with Crippen LogP contribution in [0.25, 0.3) is 11.0 Å². The Bertz CT molecular complexity index is 551. The van der Waals surface area contributed by atoms with Crippen LogP contribution < -0.4 is 11.1 Å². The van der Waals surface area contributed by atoms with Crippen LogP contribution in [0.2, 0.25) is 0 Å². The molecule has 0 aliphatic rings. The highest BCUT2D eigenvalue weighted by atomic mass is 15.1. The highest BCUT2D eigenvalue weighted by molar-refractivity contribution is 5.79. The van der Waals surface area contributed by atoms with Gasteiger partial charge < -0.3 is 16.0 Å². The number of benzene rings is 1. The Balaban J connectivity index is 1.94. The van der Waals surface area contributed by atoms with Crippen LogP contribution in [-0.4, -0.2) is 41.0 Å². The molecule has 0 aliphatic carbocycles. The predicted octanol–water partition coefficient (Wildman–Crippen LogP) is 2.36. The van der Waals surface area contributed by atoms with E-state index in [1.807, 2.05) is 24.3 Å². The van der Waals surface area contributed by atoms with Crippen LogP contribution >= 0.6 is 0 Å². The first-order chi connectivity index (χ1) is 9.74. The molecule has 0 aliphatic heterocycles. The van der Waals surface area contributed by atoms with Crippen molar-refractivity contribution in [2.24, 2.45) is 0 Å². The Kier molecular flexibility index (Phi) is 5.12. The number of rotatable bonds is 7. The van der Waals surface area contributed by atoms with Gasteiger partial charge in [0.05, 0.1) is 11.0 Å². The summed E-state index contributed by atoms with van der Waals surface area (Å²) in [6.07, 6.45) is 1.07. The zero-order chi connectivity index (χ0) is 14.4. The smallest absolute Gasteiger partial charge is 0.169 e. The van der Waals surface area contributed by atoms with Gasteiger partial charge in [-0.3, -0.25) is 0 Å². The highest BCUT2D eigenvalue weighted by Gasteiger charge is 2.05. The molecule has 0 amide bonds. The van der Waals surface area contributed by atoms with E-state index >= 15 is 0 Å². The van der Waals surface area contributed by atoms with Gasteiger partial charge in [-0.05, 0) is 38.2 Å². The van der Waals surface area contributed by atoms with E-state index in [0.717, 1.165) is 43.6 Å². The lowest BCUT2D eigenvalue weighted by Gasteiger charge is -2.18. The molecule has 20 heavy (non-hydrogen) atoms. The Labute approximate surface area is 120 Å². The number of nitrogens with two attached hydrogens (primary N) is 1. The first kappa shape index (κ1) is 14.5. The van der Waals surface area contributed by atoms with Crippen LogP contribution in [0.3, 0.4) is 0 Å². The molecule has 2 aromatic rings. The monoisotopic (exact) mass is 273 g/mol. The number of nitrogens with zero attached hydrogens (tertiary/aromatic N) is 3. The molecule has 1 aromatic heterocycles. The standard InChI is InChI=1S/C15H23N5/c1-3-20(4-2)11-7-10-17-15-14(16)18-12-8-5-6-9-13(12)19-15/h5-6,8-9H,3-4,7,10-11H2,1-2H3,(H2,16,18)(H,17,19). The van der Waals surface area contributed by atoms with E-state index in [1.54, 1.807) is 0 Å².